The Morgan fingerprint density at radius 3 is 2.52 bits per heavy atom. The summed E-state index contributed by atoms with van der Waals surface area (Å²) in [6.07, 6.45) is 2.99. The van der Waals surface area contributed by atoms with Gasteiger partial charge in [-0.3, -0.25) is 9.54 Å². The predicted molar refractivity (Wildman–Crippen MR) is 78.7 cm³/mol. The quantitative estimate of drug-likeness (QED) is 0.697. The number of pyridine rings is 1. The van der Waals surface area contributed by atoms with Crippen LogP contribution in [0.2, 0.25) is 0 Å². The molecule has 1 unspecified atom stereocenters. The highest BCUT2D eigenvalue weighted by atomic mass is 32.2. The van der Waals surface area contributed by atoms with Crippen molar-refractivity contribution in [2.75, 3.05) is 11.9 Å². The summed E-state index contributed by atoms with van der Waals surface area (Å²) in [5.74, 6) is 0. The lowest BCUT2D eigenvalue weighted by atomic mass is 10.1. The smallest absolute Gasteiger partial charge is 0.298 e. The highest BCUT2D eigenvalue weighted by molar-refractivity contribution is 7.86. The van der Waals surface area contributed by atoms with Crippen molar-refractivity contribution in [2.24, 2.45) is 0 Å². The van der Waals surface area contributed by atoms with Crippen molar-refractivity contribution < 1.29 is 18.1 Å². The van der Waals surface area contributed by atoms with Gasteiger partial charge in [-0.1, -0.05) is 30.3 Å². The minimum atomic E-state index is -4.37. The Hall–Kier alpha value is -1.96. The first-order valence-electron chi connectivity index (χ1n) is 6.33. The van der Waals surface area contributed by atoms with Crippen LogP contribution in [0, 0.1) is 0 Å². The van der Waals surface area contributed by atoms with Gasteiger partial charge in [0.15, 0.2) is 0 Å². The van der Waals surface area contributed by atoms with Crippen molar-refractivity contribution >= 4 is 15.8 Å². The summed E-state index contributed by atoms with van der Waals surface area (Å²) in [4.78, 5) is 3.38. The molecule has 2 aromatic rings. The molecule has 2 rings (SSSR count). The van der Waals surface area contributed by atoms with E-state index in [1.54, 1.807) is 0 Å². The first kappa shape index (κ1) is 15.4. The molecule has 0 spiro atoms. The molecule has 0 aliphatic rings. The minimum absolute atomic E-state index is 0.178. The molecule has 1 aromatic carbocycles. The molecular weight excluding hydrogens is 292 g/mol. The van der Waals surface area contributed by atoms with E-state index in [-0.39, 0.29) is 23.2 Å². The van der Waals surface area contributed by atoms with Gasteiger partial charge in [0.2, 0.25) is 0 Å². The molecule has 0 radical (unpaired) electrons. The molecule has 1 heterocycles. The van der Waals surface area contributed by atoms with Crippen molar-refractivity contribution in [3.63, 3.8) is 0 Å². The van der Waals surface area contributed by atoms with Gasteiger partial charge in [-0.25, -0.2) is 0 Å². The molecule has 0 aliphatic carbocycles. The molecule has 0 saturated carbocycles. The topological polar surface area (TPSA) is 99.5 Å². The van der Waals surface area contributed by atoms with Crippen LogP contribution >= 0.6 is 0 Å². The SMILES string of the molecule is O=S(=O)(O)c1cnccc1NC(CO)Cc1ccccc1. The molecular formula is C14H16N2O4S. The van der Waals surface area contributed by atoms with Crippen molar-refractivity contribution in [1.29, 1.82) is 0 Å². The van der Waals surface area contributed by atoms with Crippen LogP contribution in [0.25, 0.3) is 0 Å². The third-order valence-corrected chi connectivity index (χ3v) is 3.85. The molecule has 1 aromatic heterocycles. The average molecular weight is 308 g/mol. The van der Waals surface area contributed by atoms with Crippen molar-refractivity contribution in [2.45, 2.75) is 17.4 Å². The zero-order valence-corrected chi connectivity index (χ0v) is 12.0. The fourth-order valence-electron chi connectivity index (χ4n) is 1.98. The number of benzene rings is 1. The van der Waals surface area contributed by atoms with Crippen LogP contribution < -0.4 is 5.32 Å². The van der Waals surface area contributed by atoms with Gasteiger partial charge in [0.05, 0.1) is 24.5 Å². The highest BCUT2D eigenvalue weighted by Crippen LogP contribution is 2.20. The lowest BCUT2D eigenvalue weighted by Gasteiger charge is -2.19. The minimum Gasteiger partial charge on any atom is -0.394 e. The number of aromatic nitrogens is 1. The molecule has 6 nitrogen and oxygen atoms in total. The van der Waals surface area contributed by atoms with Crippen LogP contribution in [-0.4, -0.2) is 35.7 Å². The summed E-state index contributed by atoms with van der Waals surface area (Å²) >= 11 is 0. The van der Waals surface area contributed by atoms with Crippen LogP contribution in [0.4, 0.5) is 5.69 Å². The molecule has 7 heteroatoms. The van der Waals surface area contributed by atoms with Gasteiger partial charge >= 0.3 is 0 Å². The number of hydrogen-bond acceptors (Lipinski definition) is 5. The first-order chi connectivity index (χ1) is 10.0. The van der Waals surface area contributed by atoms with E-state index in [2.05, 4.69) is 10.3 Å². The normalized spacial score (nSPS) is 12.9. The molecule has 3 N–H and O–H groups in total. The number of anilines is 1. The molecule has 0 bridgehead atoms. The Kier molecular flexibility index (Phi) is 4.89. The lowest BCUT2D eigenvalue weighted by Crippen LogP contribution is -2.27. The second-order valence-electron chi connectivity index (χ2n) is 4.56. The molecule has 1 atom stereocenters. The molecule has 112 valence electrons. The molecule has 21 heavy (non-hydrogen) atoms. The van der Waals surface area contributed by atoms with Crippen LogP contribution in [0.1, 0.15) is 5.56 Å². The Bertz CT molecular complexity index is 689. The Morgan fingerprint density at radius 1 is 1.19 bits per heavy atom. The molecule has 0 fully saturated rings. The Balaban J connectivity index is 2.20. The van der Waals surface area contributed by atoms with Gasteiger partial charge in [-0.2, -0.15) is 8.42 Å². The average Bonchev–Trinajstić information content (AvgIpc) is 2.47. The van der Waals surface area contributed by atoms with E-state index >= 15 is 0 Å². The predicted octanol–water partition coefficient (Wildman–Crippen LogP) is 1.34. The van der Waals surface area contributed by atoms with Gasteiger partial charge in [0, 0.05) is 6.20 Å². The van der Waals surface area contributed by atoms with E-state index in [1.807, 2.05) is 30.3 Å². The second kappa shape index (κ2) is 6.66. The summed E-state index contributed by atoms with van der Waals surface area (Å²) in [7, 11) is -4.37. The molecule has 0 saturated heterocycles. The number of aliphatic hydroxyl groups excluding tert-OH is 1. The van der Waals surface area contributed by atoms with Crippen molar-refractivity contribution in [3.05, 3.63) is 54.4 Å². The lowest BCUT2D eigenvalue weighted by molar-refractivity contribution is 0.273. The van der Waals surface area contributed by atoms with Gasteiger partial charge in [-0.15, -0.1) is 0 Å². The maximum atomic E-state index is 11.3. The number of hydrogen-bond donors (Lipinski definition) is 3. The van der Waals surface area contributed by atoms with E-state index < -0.39 is 10.1 Å². The van der Waals surface area contributed by atoms with Gasteiger partial charge < -0.3 is 10.4 Å². The van der Waals surface area contributed by atoms with E-state index in [0.29, 0.717) is 6.42 Å². The maximum Gasteiger partial charge on any atom is 0.298 e. The van der Waals surface area contributed by atoms with Gasteiger partial charge in [0.25, 0.3) is 10.1 Å². The van der Waals surface area contributed by atoms with Gasteiger partial charge in [0.1, 0.15) is 4.90 Å². The summed E-state index contributed by atoms with van der Waals surface area (Å²) < 4.78 is 31.8. The highest BCUT2D eigenvalue weighted by Gasteiger charge is 2.18. The Morgan fingerprint density at radius 2 is 1.90 bits per heavy atom. The monoisotopic (exact) mass is 308 g/mol. The summed E-state index contributed by atoms with van der Waals surface area (Å²) in [6, 6.07) is 10.6. The van der Waals surface area contributed by atoms with Crippen molar-refractivity contribution in [3.8, 4) is 0 Å². The van der Waals surface area contributed by atoms with Crippen LogP contribution in [0.3, 0.4) is 0 Å². The van der Waals surface area contributed by atoms with Gasteiger partial charge in [-0.05, 0) is 18.1 Å². The third-order valence-electron chi connectivity index (χ3n) is 2.97. The fourth-order valence-corrected chi connectivity index (χ4v) is 2.58. The zero-order chi connectivity index (χ0) is 15.3. The number of nitrogens with one attached hydrogen (secondary N) is 1. The first-order valence-corrected chi connectivity index (χ1v) is 7.77. The number of aliphatic hydroxyl groups is 1. The molecule has 0 aliphatic heterocycles. The largest absolute Gasteiger partial charge is 0.394 e. The van der Waals surface area contributed by atoms with Crippen LogP contribution in [0.15, 0.2) is 53.7 Å². The Labute approximate surface area is 123 Å². The summed E-state index contributed by atoms with van der Waals surface area (Å²) in [5.41, 5.74) is 1.22. The third kappa shape index (κ3) is 4.25. The number of rotatable bonds is 6. The summed E-state index contributed by atoms with van der Waals surface area (Å²) in [6.45, 7) is -0.178. The standard InChI is InChI=1S/C14H16N2O4S/c17-10-12(8-11-4-2-1-3-5-11)16-13-6-7-15-9-14(13)21(18,19)20/h1-7,9,12,17H,8,10H2,(H,15,16)(H,18,19,20). The van der Waals surface area contributed by atoms with Crippen molar-refractivity contribution in [1.82, 2.24) is 4.98 Å². The number of nitrogens with zero attached hydrogens (tertiary/aromatic N) is 1. The molecule has 0 amide bonds. The van der Waals surface area contributed by atoms with E-state index in [4.69, 9.17) is 0 Å². The van der Waals surface area contributed by atoms with E-state index in [9.17, 15) is 18.1 Å². The zero-order valence-electron chi connectivity index (χ0n) is 11.2. The fraction of sp³-hybridized carbons (Fsp3) is 0.214. The second-order valence-corrected chi connectivity index (χ2v) is 5.95. The van der Waals surface area contributed by atoms with E-state index in [1.165, 1.54) is 12.3 Å². The van der Waals surface area contributed by atoms with Crippen LogP contribution in [0.5, 0.6) is 0 Å². The maximum absolute atomic E-state index is 11.3. The van der Waals surface area contributed by atoms with Crippen LogP contribution in [-0.2, 0) is 16.5 Å². The summed E-state index contributed by atoms with van der Waals surface area (Å²) in [5, 5.41) is 12.4. The van der Waals surface area contributed by atoms with E-state index in [0.717, 1.165) is 11.8 Å².